The van der Waals surface area contributed by atoms with Gasteiger partial charge < -0.3 is 15.1 Å². The molecular formula is C24H29N3O2. The lowest BCUT2D eigenvalue weighted by molar-refractivity contribution is -0.133. The van der Waals surface area contributed by atoms with Gasteiger partial charge in [-0.05, 0) is 48.9 Å². The van der Waals surface area contributed by atoms with Crippen LogP contribution in [-0.4, -0.2) is 41.2 Å². The number of nitrogens with zero attached hydrogens (tertiary/aromatic N) is 2. The molecule has 152 valence electrons. The largest absolute Gasteiger partial charge is 0.370 e. The van der Waals surface area contributed by atoms with Gasteiger partial charge in [0.2, 0.25) is 11.8 Å². The highest BCUT2D eigenvalue weighted by Gasteiger charge is 2.27. The summed E-state index contributed by atoms with van der Waals surface area (Å²) in [5.41, 5.74) is 2.97. The first-order chi connectivity index (χ1) is 14.2. The van der Waals surface area contributed by atoms with E-state index in [1.807, 2.05) is 58.3 Å². The minimum absolute atomic E-state index is 0.135. The van der Waals surface area contributed by atoms with Gasteiger partial charge in [0.25, 0.3) is 0 Å². The van der Waals surface area contributed by atoms with E-state index in [1.54, 1.807) is 0 Å². The number of hydrogen-bond donors (Lipinski definition) is 1. The SMILES string of the molecule is O=C1CCCN1Cc1cccc(NC(C(=O)N2CCCCC2)c2ccccc2)c1. The van der Waals surface area contributed by atoms with Crippen molar-refractivity contribution in [3.63, 3.8) is 0 Å². The molecule has 2 saturated heterocycles. The molecule has 2 fully saturated rings. The van der Waals surface area contributed by atoms with Crippen LogP contribution in [0.15, 0.2) is 54.6 Å². The molecule has 1 unspecified atom stereocenters. The zero-order valence-electron chi connectivity index (χ0n) is 16.8. The Hall–Kier alpha value is -2.82. The third-order valence-corrected chi connectivity index (χ3v) is 5.83. The molecular weight excluding hydrogens is 362 g/mol. The lowest BCUT2D eigenvalue weighted by Gasteiger charge is -2.31. The van der Waals surface area contributed by atoms with Gasteiger partial charge in [0, 0.05) is 38.3 Å². The van der Waals surface area contributed by atoms with Gasteiger partial charge in [-0.1, -0.05) is 42.5 Å². The summed E-state index contributed by atoms with van der Waals surface area (Å²) in [6.07, 6.45) is 4.94. The maximum absolute atomic E-state index is 13.3. The Labute approximate surface area is 172 Å². The van der Waals surface area contributed by atoms with Crippen molar-refractivity contribution in [2.45, 2.75) is 44.7 Å². The Morgan fingerprint density at radius 3 is 2.45 bits per heavy atom. The normalized spacial score (nSPS) is 18.0. The van der Waals surface area contributed by atoms with Crippen molar-refractivity contribution in [2.75, 3.05) is 25.0 Å². The average molecular weight is 392 g/mol. The molecule has 2 aromatic carbocycles. The molecule has 0 aliphatic carbocycles. The molecule has 2 amide bonds. The van der Waals surface area contributed by atoms with E-state index in [-0.39, 0.29) is 11.8 Å². The first-order valence-corrected chi connectivity index (χ1v) is 10.7. The van der Waals surface area contributed by atoms with Crippen LogP contribution in [-0.2, 0) is 16.1 Å². The van der Waals surface area contributed by atoms with Crippen molar-refractivity contribution >= 4 is 17.5 Å². The van der Waals surface area contributed by atoms with Crippen LogP contribution in [0.1, 0.15) is 49.3 Å². The number of hydrogen-bond acceptors (Lipinski definition) is 3. The van der Waals surface area contributed by atoms with Gasteiger partial charge in [0.05, 0.1) is 0 Å². The number of carbonyl (C=O) groups excluding carboxylic acids is 2. The lowest BCUT2D eigenvalue weighted by atomic mass is 10.0. The third kappa shape index (κ3) is 4.78. The molecule has 2 aromatic rings. The van der Waals surface area contributed by atoms with Gasteiger partial charge in [0.1, 0.15) is 6.04 Å². The maximum Gasteiger partial charge on any atom is 0.249 e. The molecule has 2 aliphatic rings. The zero-order chi connectivity index (χ0) is 20.1. The molecule has 4 rings (SSSR count). The predicted molar refractivity (Wildman–Crippen MR) is 114 cm³/mol. The number of carbonyl (C=O) groups is 2. The van der Waals surface area contributed by atoms with E-state index >= 15 is 0 Å². The average Bonchev–Trinajstić information content (AvgIpc) is 3.17. The van der Waals surface area contributed by atoms with Gasteiger partial charge in [-0.3, -0.25) is 9.59 Å². The number of likely N-dealkylation sites (tertiary alicyclic amines) is 2. The first kappa shape index (κ1) is 19.5. The second kappa shape index (κ2) is 9.12. The van der Waals surface area contributed by atoms with E-state index in [0.717, 1.165) is 55.7 Å². The molecule has 0 aromatic heterocycles. The van der Waals surface area contributed by atoms with E-state index < -0.39 is 6.04 Å². The molecule has 2 aliphatic heterocycles. The number of nitrogens with one attached hydrogen (secondary N) is 1. The summed E-state index contributed by atoms with van der Waals surface area (Å²) >= 11 is 0. The molecule has 0 saturated carbocycles. The van der Waals surface area contributed by atoms with Crippen molar-refractivity contribution < 1.29 is 9.59 Å². The van der Waals surface area contributed by atoms with Gasteiger partial charge >= 0.3 is 0 Å². The fraction of sp³-hybridized carbons (Fsp3) is 0.417. The summed E-state index contributed by atoms with van der Waals surface area (Å²) in [7, 11) is 0. The molecule has 5 nitrogen and oxygen atoms in total. The summed E-state index contributed by atoms with van der Waals surface area (Å²) in [4.78, 5) is 29.2. The summed E-state index contributed by atoms with van der Waals surface area (Å²) in [5, 5.41) is 3.47. The van der Waals surface area contributed by atoms with E-state index in [9.17, 15) is 9.59 Å². The van der Waals surface area contributed by atoms with E-state index in [1.165, 1.54) is 6.42 Å². The molecule has 0 spiro atoms. The van der Waals surface area contributed by atoms with Gasteiger partial charge in [0.15, 0.2) is 0 Å². The van der Waals surface area contributed by atoms with Crippen molar-refractivity contribution in [3.8, 4) is 0 Å². The lowest BCUT2D eigenvalue weighted by Crippen LogP contribution is -2.41. The summed E-state index contributed by atoms with van der Waals surface area (Å²) in [6, 6.07) is 17.6. The van der Waals surface area contributed by atoms with Crippen molar-refractivity contribution in [1.29, 1.82) is 0 Å². The van der Waals surface area contributed by atoms with Gasteiger partial charge in [-0.2, -0.15) is 0 Å². The number of anilines is 1. The minimum atomic E-state index is -0.405. The van der Waals surface area contributed by atoms with Crippen molar-refractivity contribution in [3.05, 3.63) is 65.7 Å². The molecule has 1 atom stereocenters. The maximum atomic E-state index is 13.3. The van der Waals surface area contributed by atoms with E-state index in [0.29, 0.717) is 13.0 Å². The fourth-order valence-electron chi connectivity index (χ4n) is 4.25. The number of amides is 2. The smallest absolute Gasteiger partial charge is 0.249 e. The molecule has 29 heavy (non-hydrogen) atoms. The predicted octanol–water partition coefficient (Wildman–Crippen LogP) is 3.97. The Balaban J connectivity index is 1.53. The molecule has 5 heteroatoms. The van der Waals surface area contributed by atoms with Crippen LogP contribution >= 0.6 is 0 Å². The Morgan fingerprint density at radius 1 is 0.931 bits per heavy atom. The number of piperidine rings is 1. The van der Waals surface area contributed by atoms with Crippen LogP contribution in [0.2, 0.25) is 0 Å². The van der Waals surface area contributed by atoms with Crippen LogP contribution in [0.5, 0.6) is 0 Å². The van der Waals surface area contributed by atoms with Gasteiger partial charge in [-0.25, -0.2) is 0 Å². The molecule has 0 radical (unpaired) electrons. The third-order valence-electron chi connectivity index (χ3n) is 5.83. The monoisotopic (exact) mass is 391 g/mol. The molecule has 2 heterocycles. The van der Waals surface area contributed by atoms with Gasteiger partial charge in [-0.15, -0.1) is 0 Å². The summed E-state index contributed by atoms with van der Waals surface area (Å²) < 4.78 is 0. The second-order valence-corrected chi connectivity index (χ2v) is 7.99. The minimum Gasteiger partial charge on any atom is -0.370 e. The zero-order valence-corrected chi connectivity index (χ0v) is 16.8. The van der Waals surface area contributed by atoms with Crippen molar-refractivity contribution in [1.82, 2.24) is 9.80 Å². The Morgan fingerprint density at radius 2 is 1.72 bits per heavy atom. The topological polar surface area (TPSA) is 52.7 Å². The molecule has 0 bridgehead atoms. The highest BCUT2D eigenvalue weighted by Crippen LogP contribution is 2.25. The Kier molecular flexibility index (Phi) is 6.13. The van der Waals surface area contributed by atoms with Crippen LogP contribution in [0.3, 0.4) is 0 Å². The number of benzene rings is 2. The standard InChI is InChI=1S/C24H29N3O2/c28-22-13-8-16-27(22)18-19-9-7-12-21(17-19)25-23(20-10-3-1-4-11-20)24(29)26-14-5-2-6-15-26/h1,3-4,7,9-12,17,23,25H,2,5-6,8,13-16,18H2. The number of rotatable bonds is 6. The summed E-state index contributed by atoms with van der Waals surface area (Å²) in [5.74, 6) is 0.363. The first-order valence-electron chi connectivity index (χ1n) is 10.7. The highest BCUT2D eigenvalue weighted by atomic mass is 16.2. The van der Waals surface area contributed by atoms with Crippen LogP contribution in [0, 0.1) is 0 Å². The fourth-order valence-corrected chi connectivity index (χ4v) is 4.25. The van der Waals surface area contributed by atoms with Crippen molar-refractivity contribution in [2.24, 2.45) is 0 Å². The van der Waals surface area contributed by atoms with E-state index in [2.05, 4.69) is 11.4 Å². The summed E-state index contributed by atoms with van der Waals surface area (Å²) in [6.45, 7) is 3.13. The molecule has 1 N–H and O–H groups in total. The van der Waals surface area contributed by atoms with E-state index in [4.69, 9.17) is 0 Å². The highest BCUT2D eigenvalue weighted by molar-refractivity contribution is 5.86. The second-order valence-electron chi connectivity index (χ2n) is 7.99. The van der Waals surface area contributed by atoms with Crippen LogP contribution < -0.4 is 5.32 Å². The van der Waals surface area contributed by atoms with Crippen LogP contribution in [0.25, 0.3) is 0 Å². The van der Waals surface area contributed by atoms with Crippen LogP contribution in [0.4, 0.5) is 5.69 Å². The quantitative estimate of drug-likeness (QED) is 0.811. The Bertz CT molecular complexity index is 846.